The van der Waals surface area contributed by atoms with E-state index in [2.05, 4.69) is 26.0 Å². The van der Waals surface area contributed by atoms with E-state index in [0.717, 1.165) is 44.9 Å². The van der Waals surface area contributed by atoms with Crippen LogP contribution in [0.3, 0.4) is 0 Å². The van der Waals surface area contributed by atoms with Crippen molar-refractivity contribution in [3.8, 4) is 0 Å². The number of unbranched alkanes of at least 4 members (excludes halogenated alkanes) is 19. The van der Waals surface area contributed by atoms with E-state index in [1.807, 2.05) is 21.1 Å². The third-order valence-electron chi connectivity index (χ3n) is 10.9. The number of nitrogens with zero attached hydrogens (tertiary/aromatic N) is 1. The summed E-state index contributed by atoms with van der Waals surface area (Å²) in [6.45, 7) is 3.93. The first kappa shape index (κ1) is 62.6. The van der Waals surface area contributed by atoms with Crippen LogP contribution in [0.5, 0.6) is 0 Å². The van der Waals surface area contributed by atoms with Crippen LogP contribution in [0.1, 0.15) is 187 Å². The summed E-state index contributed by atoms with van der Waals surface area (Å²) in [7, 11) is 1.28. The highest BCUT2D eigenvalue weighted by Gasteiger charge is 2.27. The monoisotopic (exact) mass is 941 g/mol. The number of phosphoric acid groups is 1. The molecule has 1 unspecified atom stereocenters. The van der Waals surface area contributed by atoms with Crippen LogP contribution >= 0.6 is 7.82 Å². The minimum absolute atomic E-state index is 0.0256. The Morgan fingerprint density at radius 3 is 1.63 bits per heavy atom. The molecule has 12 nitrogen and oxygen atoms in total. The number of carbonyl (C=O) groups is 2. The van der Waals surface area contributed by atoms with Gasteiger partial charge in [0.2, 0.25) is 0 Å². The van der Waals surface area contributed by atoms with Gasteiger partial charge in [0.05, 0.1) is 46.1 Å². The van der Waals surface area contributed by atoms with Gasteiger partial charge in [-0.05, 0) is 51.4 Å². The Hall–Kier alpha value is -2.41. The molecule has 0 aromatic heterocycles. The lowest BCUT2D eigenvalue weighted by molar-refractivity contribution is -0.870. The molecule has 0 fully saturated rings. The molecular weight excluding hydrogens is 846 g/mol. The zero-order valence-electron chi connectivity index (χ0n) is 41.5. The van der Waals surface area contributed by atoms with Crippen molar-refractivity contribution in [2.45, 2.75) is 212 Å². The minimum atomic E-state index is -4.47. The lowest BCUT2D eigenvalue weighted by atomic mass is 10.0. The number of aliphatic hydroxyl groups excluding tert-OH is 3. The molecule has 0 aliphatic rings. The van der Waals surface area contributed by atoms with Gasteiger partial charge < -0.3 is 34.2 Å². The zero-order valence-corrected chi connectivity index (χ0v) is 42.4. The number of allylic oxidation sites excluding steroid dienone is 8. The molecule has 0 rings (SSSR count). The molecule has 0 saturated heterocycles. The summed E-state index contributed by atoms with van der Waals surface area (Å²) in [6.07, 6.45) is 42.1. The highest BCUT2D eigenvalue weighted by Crippen LogP contribution is 2.43. The van der Waals surface area contributed by atoms with Crippen molar-refractivity contribution in [1.29, 1.82) is 0 Å². The van der Waals surface area contributed by atoms with Crippen LogP contribution in [0.25, 0.3) is 0 Å². The van der Waals surface area contributed by atoms with Gasteiger partial charge in [-0.15, -0.1) is 0 Å². The molecule has 0 aliphatic heterocycles. The van der Waals surface area contributed by atoms with Crippen LogP contribution in [0, 0.1) is 0 Å². The lowest BCUT2D eigenvalue weighted by Gasteiger charge is -2.24. The molecule has 0 aliphatic carbocycles. The second-order valence-corrected chi connectivity index (χ2v) is 19.9. The van der Waals surface area contributed by atoms with E-state index >= 15 is 0 Å². The largest absolute Gasteiger partial charge is 0.472 e. The fraction of sp³-hybridized carbons (Fsp3) is 0.769. The molecule has 13 heteroatoms. The number of hydrogen-bond acceptors (Lipinski definition) is 10. The zero-order chi connectivity index (χ0) is 48.3. The summed E-state index contributed by atoms with van der Waals surface area (Å²) in [5.41, 5.74) is 0. The second-order valence-electron chi connectivity index (χ2n) is 18.4. The van der Waals surface area contributed by atoms with Gasteiger partial charge in [-0.1, -0.05) is 184 Å². The van der Waals surface area contributed by atoms with Crippen LogP contribution in [0.2, 0.25) is 0 Å². The summed E-state index contributed by atoms with van der Waals surface area (Å²) < 4.78 is 34.2. The highest BCUT2D eigenvalue weighted by molar-refractivity contribution is 7.47. The van der Waals surface area contributed by atoms with Crippen molar-refractivity contribution in [1.82, 2.24) is 0 Å². The molecule has 0 aromatic carbocycles. The second kappa shape index (κ2) is 42.9. The number of ether oxygens (including phenoxy) is 2. The summed E-state index contributed by atoms with van der Waals surface area (Å²) in [5.74, 6) is -1.13. The van der Waals surface area contributed by atoms with Crippen LogP contribution in [-0.4, -0.2) is 109 Å². The predicted octanol–water partition coefficient (Wildman–Crippen LogP) is 11.7. The molecular formula is C52H95NO11P+. The Bertz CT molecular complexity index is 1340. The highest BCUT2D eigenvalue weighted by atomic mass is 31.2. The fourth-order valence-corrected chi connectivity index (χ4v) is 7.49. The van der Waals surface area contributed by atoms with Crippen molar-refractivity contribution in [2.24, 2.45) is 0 Å². The number of quaternary nitrogens is 1. The average molecular weight is 941 g/mol. The van der Waals surface area contributed by atoms with E-state index < -0.39 is 50.8 Å². The van der Waals surface area contributed by atoms with Gasteiger partial charge >= 0.3 is 19.8 Å². The van der Waals surface area contributed by atoms with Crippen molar-refractivity contribution < 1.29 is 57.4 Å². The van der Waals surface area contributed by atoms with Gasteiger partial charge in [-0.2, -0.15) is 0 Å². The van der Waals surface area contributed by atoms with Crippen LogP contribution < -0.4 is 0 Å². The molecule has 0 spiro atoms. The number of phosphoric ester groups is 1. The molecule has 0 radical (unpaired) electrons. The quantitative estimate of drug-likeness (QED) is 0.0114. The number of likely N-dealkylation sites (N-methyl/N-ethyl adjacent to an activating group) is 1. The fourth-order valence-electron chi connectivity index (χ4n) is 6.75. The molecule has 0 aromatic rings. The Morgan fingerprint density at radius 2 is 1.06 bits per heavy atom. The maximum Gasteiger partial charge on any atom is 0.472 e. The van der Waals surface area contributed by atoms with Gasteiger partial charge in [-0.25, -0.2) is 4.57 Å². The molecule has 378 valence electrons. The smallest absolute Gasteiger partial charge is 0.462 e. The maximum atomic E-state index is 12.8. The summed E-state index contributed by atoms with van der Waals surface area (Å²) in [6, 6.07) is 0. The van der Waals surface area contributed by atoms with Crippen LogP contribution in [0.4, 0.5) is 0 Å². The first-order chi connectivity index (χ1) is 31.2. The number of carbonyl (C=O) groups excluding carboxylic acids is 2. The number of rotatable bonds is 45. The lowest BCUT2D eigenvalue weighted by Crippen LogP contribution is -2.37. The van der Waals surface area contributed by atoms with Crippen molar-refractivity contribution >= 4 is 19.8 Å². The first-order valence-corrected chi connectivity index (χ1v) is 26.8. The van der Waals surface area contributed by atoms with E-state index in [-0.39, 0.29) is 38.9 Å². The van der Waals surface area contributed by atoms with Gasteiger partial charge in [-0.3, -0.25) is 18.6 Å². The number of aliphatic hydroxyl groups is 3. The molecule has 0 heterocycles. The van der Waals surface area contributed by atoms with E-state index in [9.17, 15) is 34.4 Å². The minimum Gasteiger partial charge on any atom is -0.462 e. The summed E-state index contributed by atoms with van der Waals surface area (Å²) >= 11 is 0. The van der Waals surface area contributed by atoms with E-state index in [1.165, 1.54) is 102 Å². The average Bonchev–Trinajstić information content (AvgIpc) is 3.25. The number of esters is 2. The molecule has 0 saturated carbocycles. The van der Waals surface area contributed by atoms with Gasteiger partial charge in [0.1, 0.15) is 19.8 Å². The van der Waals surface area contributed by atoms with Crippen LogP contribution in [0.15, 0.2) is 60.8 Å². The molecule has 4 N–H and O–H groups in total. The summed E-state index contributed by atoms with van der Waals surface area (Å²) in [5, 5.41) is 30.6. The molecule has 65 heavy (non-hydrogen) atoms. The first-order valence-electron chi connectivity index (χ1n) is 25.3. The van der Waals surface area contributed by atoms with E-state index in [1.54, 1.807) is 42.5 Å². The van der Waals surface area contributed by atoms with Gasteiger partial charge in [0, 0.05) is 12.8 Å². The van der Waals surface area contributed by atoms with Crippen molar-refractivity contribution in [3.63, 3.8) is 0 Å². The van der Waals surface area contributed by atoms with Crippen molar-refractivity contribution in [3.05, 3.63) is 60.8 Å². The summed E-state index contributed by atoms with van der Waals surface area (Å²) in [4.78, 5) is 35.6. The van der Waals surface area contributed by atoms with E-state index in [0.29, 0.717) is 17.4 Å². The SMILES string of the molecule is CCCCCCCC/C=C\CCCCCCCCCCCCCC(=O)O[C@H](COC(=O)CCC[C@@H](O)[C@H](O)/C=C/C=C/C=C\C=C\[C@H](O)CCCCC)COP(=O)(O)OCC[N+](C)(C)C. The molecule has 0 amide bonds. The Balaban J connectivity index is 4.54. The molecule has 5 atom stereocenters. The standard InChI is InChI=1S/C52H94NO11P/c1-6-8-10-11-12-13-14-15-16-17-18-19-20-21-22-23-24-25-26-31-35-41-52(58)64-48(46-63-65(59,60)62-44-43-53(3,4)5)45-61-51(57)42-36-40-50(56)49(55)39-34-30-28-27-29-33-38-47(54)37-32-9-7-2/h15-16,27-30,33-34,38-39,47-50,54-56H,6-14,17-26,31-32,35-37,40-46H2,1-5H3/p+1/b16-15-,29-27-,30-28+,38-33+,39-34+/t47-,48-,49-,50-/m1/s1. The Kier molecular flexibility index (Phi) is 41.3. The van der Waals surface area contributed by atoms with Gasteiger partial charge in [0.15, 0.2) is 6.10 Å². The Labute approximate surface area is 395 Å². The van der Waals surface area contributed by atoms with Crippen molar-refractivity contribution in [2.75, 3.05) is 47.5 Å². The van der Waals surface area contributed by atoms with Gasteiger partial charge in [0.25, 0.3) is 0 Å². The topological polar surface area (TPSA) is 169 Å². The predicted molar refractivity (Wildman–Crippen MR) is 265 cm³/mol. The number of hydrogen-bond donors (Lipinski definition) is 4. The third kappa shape index (κ3) is 45.2. The Morgan fingerprint density at radius 1 is 0.569 bits per heavy atom. The van der Waals surface area contributed by atoms with Crippen LogP contribution in [-0.2, 0) is 32.7 Å². The maximum absolute atomic E-state index is 12.8. The van der Waals surface area contributed by atoms with E-state index in [4.69, 9.17) is 18.5 Å². The normalized spacial score (nSPS) is 15.4. The third-order valence-corrected chi connectivity index (χ3v) is 11.9. The molecule has 0 bridgehead atoms.